The second kappa shape index (κ2) is 5.08. The Morgan fingerprint density at radius 3 is 2.56 bits per heavy atom. The van der Waals surface area contributed by atoms with Crippen LogP contribution in [0.3, 0.4) is 0 Å². The second-order valence-corrected chi connectivity index (χ2v) is 5.63. The van der Waals surface area contributed by atoms with E-state index in [1.54, 1.807) is 18.4 Å². The molecule has 0 fully saturated rings. The molecule has 18 heavy (non-hydrogen) atoms. The standard InChI is InChI=1S/C14H18N2OS/c1-8-6-12(17-4)9(2)5-11(8)14-13(7-15)18-10(3)16-14/h5-6H,7,15H2,1-4H3. The molecule has 0 spiro atoms. The second-order valence-electron chi connectivity index (χ2n) is 4.35. The number of rotatable bonds is 3. The molecule has 0 bridgehead atoms. The normalized spacial score (nSPS) is 10.7. The number of nitrogens with two attached hydrogens (primary N) is 1. The number of ether oxygens (including phenoxy) is 1. The van der Waals surface area contributed by atoms with E-state index < -0.39 is 0 Å². The van der Waals surface area contributed by atoms with Crippen molar-refractivity contribution >= 4 is 11.3 Å². The molecule has 1 aromatic carbocycles. The summed E-state index contributed by atoms with van der Waals surface area (Å²) in [5, 5.41) is 1.05. The minimum atomic E-state index is 0.533. The van der Waals surface area contributed by atoms with E-state index in [0.717, 1.165) is 38.0 Å². The lowest BCUT2D eigenvalue weighted by atomic mass is 10.0. The van der Waals surface area contributed by atoms with Gasteiger partial charge in [0.2, 0.25) is 0 Å². The van der Waals surface area contributed by atoms with Gasteiger partial charge < -0.3 is 10.5 Å². The van der Waals surface area contributed by atoms with Crippen LogP contribution >= 0.6 is 11.3 Å². The highest BCUT2D eigenvalue weighted by atomic mass is 32.1. The number of nitrogens with zero attached hydrogens (tertiary/aromatic N) is 1. The molecule has 0 aliphatic rings. The Morgan fingerprint density at radius 1 is 1.22 bits per heavy atom. The summed E-state index contributed by atoms with van der Waals surface area (Å²) in [5.41, 5.74) is 10.2. The van der Waals surface area contributed by atoms with Crippen LogP contribution in [-0.4, -0.2) is 12.1 Å². The molecule has 3 nitrogen and oxygen atoms in total. The van der Waals surface area contributed by atoms with Crippen molar-refractivity contribution in [3.05, 3.63) is 33.1 Å². The van der Waals surface area contributed by atoms with E-state index in [2.05, 4.69) is 24.0 Å². The summed E-state index contributed by atoms with van der Waals surface area (Å²) in [4.78, 5) is 5.75. The van der Waals surface area contributed by atoms with E-state index in [1.807, 2.05) is 13.8 Å². The van der Waals surface area contributed by atoms with Crippen LogP contribution in [0, 0.1) is 20.8 Å². The number of hydrogen-bond donors (Lipinski definition) is 1. The van der Waals surface area contributed by atoms with Crippen LogP contribution in [0.5, 0.6) is 5.75 Å². The van der Waals surface area contributed by atoms with Crippen LogP contribution in [0.15, 0.2) is 12.1 Å². The van der Waals surface area contributed by atoms with Gasteiger partial charge in [0.15, 0.2) is 0 Å². The maximum Gasteiger partial charge on any atom is 0.122 e. The van der Waals surface area contributed by atoms with Gasteiger partial charge in [0.05, 0.1) is 17.8 Å². The van der Waals surface area contributed by atoms with Crippen LogP contribution in [-0.2, 0) is 6.54 Å². The first kappa shape index (κ1) is 13.1. The van der Waals surface area contributed by atoms with E-state index >= 15 is 0 Å². The minimum absolute atomic E-state index is 0.533. The first-order valence-electron chi connectivity index (χ1n) is 5.88. The Kier molecular flexibility index (Phi) is 3.68. The number of benzene rings is 1. The van der Waals surface area contributed by atoms with Crippen molar-refractivity contribution in [1.29, 1.82) is 0 Å². The van der Waals surface area contributed by atoms with Gasteiger partial charge in [-0.1, -0.05) is 0 Å². The van der Waals surface area contributed by atoms with Crippen LogP contribution in [0.1, 0.15) is 21.0 Å². The molecule has 0 saturated carbocycles. The quantitative estimate of drug-likeness (QED) is 0.924. The third kappa shape index (κ3) is 2.26. The first-order valence-corrected chi connectivity index (χ1v) is 6.70. The third-order valence-electron chi connectivity index (χ3n) is 2.99. The Morgan fingerprint density at radius 2 is 1.94 bits per heavy atom. The molecule has 0 amide bonds. The molecule has 0 aliphatic heterocycles. The molecule has 0 atom stereocenters. The zero-order valence-corrected chi connectivity index (χ0v) is 12.0. The van der Waals surface area contributed by atoms with Crippen molar-refractivity contribution in [2.24, 2.45) is 5.73 Å². The minimum Gasteiger partial charge on any atom is -0.496 e. The van der Waals surface area contributed by atoms with Gasteiger partial charge in [0.25, 0.3) is 0 Å². The molecule has 96 valence electrons. The lowest BCUT2D eigenvalue weighted by Gasteiger charge is -2.10. The average Bonchev–Trinajstić information content (AvgIpc) is 2.72. The van der Waals surface area contributed by atoms with Crippen molar-refractivity contribution in [3.8, 4) is 17.0 Å². The fourth-order valence-electron chi connectivity index (χ4n) is 2.08. The molecule has 1 aromatic heterocycles. The highest BCUT2D eigenvalue weighted by molar-refractivity contribution is 7.12. The Balaban J connectivity index is 2.60. The maximum atomic E-state index is 5.79. The van der Waals surface area contributed by atoms with Crippen LogP contribution in [0.4, 0.5) is 0 Å². The number of thiazole rings is 1. The molecule has 2 rings (SSSR count). The fourth-order valence-corrected chi connectivity index (χ4v) is 2.91. The van der Waals surface area contributed by atoms with E-state index in [-0.39, 0.29) is 0 Å². The Labute approximate surface area is 112 Å². The zero-order valence-electron chi connectivity index (χ0n) is 11.2. The van der Waals surface area contributed by atoms with Gasteiger partial charge in [0.1, 0.15) is 5.75 Å². The van der Waals surface area contributed by atoms with E-state index in [9.17, 15) is 0 Å². The van der Waals surface area contributed by atoms with Crippen molar-refractivity contribution < 1.29 is 4.74 Å². The van der Waals surface area contributed by atoms with Crippen LogP contribution < -0.4 is 10.5 Å². The molecular weight excluding hydrogens is 244 g/mol. The summed E-state index contributed by atoms with van der Waals surface area (Å²) in [7, 11) is 1.69. The SMILES string of the molecule is COc1cc(C)c(-c2nc(C)sc2CN)cc1C. The number of methoxy groups -OCH3 is 1. The molecule has 0 unspecified atom stereocenters. The lowest BCUT2D eigenvalue weighted by Crippen LogP contribution is -1.97. The topological polar surface area (TPSA) is 48.1 Å². The predicted molar refractivity (Wildman–Crippen MR) is 76.2 cm³/mol. The summed E-state index contributed by atoms with van der Waals surface area (Å²) >= 11 is 1.67. The van der Waals surface area contributed by atoms with Gasteiger partial charge >= 0.3 is 0 Å². The van der Waals surface area contributed by atoms with E-state index in [1.165, 1.54) is 0 Å². The summed E-state index contributed by atoms with van der Waals surface area (Å²) in [6, 6.07) is 4.18. The molecule has 2 aromatic rings. The van der Waals surface area contributed by atoms with Gasteiger partial charge in [-0.05, 0) is 44.0 Å². The summed E-state index contributed by atoms with van der Waals surface area (Å²) in [6.07, 6.45) is 0. The molecule has 0 aliphatic carbocycles. The van der Waals surface area contributed by atoms with Gasteiger partial charge in [-0.25, -0.2) is 4.98 Å². The van der Waals surface area contributed by atoms with Gasteiger partial charge in [-0.3, -0.25) is 0 Å². The maximum absolute atomic E-state index is 5.79. The lowest BCUT2D eigenvalue weighted by molar-refractivity contribution is 0.411. The average molecular weight is 262 g/mol. The monoisotopic (exact) mass is 262 g/mol. The summed E-state index contributed by atoms with van der Waals surface area (Å²) < 4.78 is 5.34. The third-order valence-corrected chi connectivity index (χ3v) is 3.98. The highest BCUT2D eigenvalue weighted by Gasteiger charge is 2.14. The number of aromatic nitrogens is 1. The molecular formula is C14H18N2OS. The molecule has 1 heterocycles. The molecule has 0 radical (unpaired) electrons. The molecule has 2 N–H and O–H groups in total. The van der Waals surface area contributed by atoms with Crippen molar-refractivity contribution in [1.82, 2.24) is 4.98 Å². The zero-order chi connectivity index (χ0) is 13.3. The Bertz CT molecular complexity index is 575. The number of hydrogen-bond acceptors (Lipinski definition) is 4. The van der Waals surface area contributed by atoms with Crippen molar-refractivity contribution in [2.75, 3.05) is 7.11 Å². The Hall–Kier alpha value is -1.39. The van der Waals surface area contributed by atoms with Crippen LogP contribution in [0.2, 0.25) is 0 Å². The van der Waals surface area contributed by atoms with Crippen molar-refractivity contribution in [3.63, 3.8) is 0 Å². The summed E-state index contributed by atoms with van der Waals surface area (Å²) in [6.45, 7) is 6.67. The van der Waals surface area contributed by atoms with E-state index in [0.29, 0.717) is 6.54 Å². The van der Waals surface area contributed by atoms with Gasteiger partial charge in [-0.2, -0.15) is 0 Å². The fraction of sp³-hybridized carbons (Fsp3) is 0.357. The molecule has 0 saturated heterocycles. The van der Waals surface area contributed by atoms with Gasteiger partial charge in [0, 0.05) is 17.0 Å². The largest absolute Gasteiger partial charge is 0.496 e. The van der Waals surface area contributed by atoms with Crippen LogP contribution in [0.25, 0.3) is 11.3 Å². The van der Waals surface area contributed by atoms with Gasteiger partial charge in [-0.15, -0.1) is 11.3 Å². The first-order chi connectivity index (χ1) is 8.56. The smallest absolute Gasteiger partial charge is 0.122 e. The molecule has 4 heteroatoms. The van der Waals surface area contributed by atoms with E-state index in [4.69, 9.17) is 10.5 Å². The summed E-state index contributed by atoms with van der Waals surface area (Å²) in [5.74, 6) is 0.914. The number of aryl methyl sites for hydroxylation is 3. The highest BCUT2D eigenvalue weighted by Crippen LogP contribution is 2.33. The predicted octanol–water partition coefficient (Wildman–Crippen LogP) is 3.20. The van der Waals surface area contributed by atoms with Crippen molar-refractivity contribution in [2.45, 2.75) is 27.3 Å².